The van der Waals surface area contributed by atoms with Crippen LogP contribution in [-0.2, 0) is 0 Å². The van der Waals surface area contributed by atoms with Gasteiger partial charge in [0.15, 0.2) is 11.6 Å². The third-order valence-corrected chi connectivity index (χ3v) is 4.39. The summed E-state index contributed by atoms with van der Waals surface area (Å²) in [7, 11) is 0. The molecule has 3 rings (SSSR count). The highest BCUT2D eigenvalue weighted by atomic mass is 16.4. The number of nitrogen functional groups attached to an aromatic ring is 1. The van der Waals surface area contributed by atoms with Gasteiger partial charge in [0.2, 0.25) is 0 Å². The maximum atomic E-state index is 12.7. The van der Waals surface area contributed by atoms with Crippen LogP contribution in [0.4, 0.5) is 5.69 Å². The van der Waals surface area contributed by atoms with Crippen molar-refractivity contribution >= 4 is 28.2 Å². The molecule has 1 fully saturated rings. The van der Waals surface area contributed by atoms with Gasteiger partial charge >= 0.3 is 5.63 Å². The summed E-state index contributed by atoms with van der Waals surface area (Å²) >= 11 is 0. The lowest BCUT2D eigenvalue weighted by Crippen LogP contribution is -2.34. The van der Waals surface area contributed by atoms with E-state index in [4.69, 9.17) is 15.9 Å². The van der Waals surface area contributed by atoms with Crippen molar-refractivity contribution in [1.82, 2.24) is 5.32 Å². The lowest BCUT2D eigenvalue weighted by atomic mass is 9.94. The Bertz CT molecular complexity index is 895. The molecule has 0 aliphatic carbocycles. The van der Waals surface area contributed by atoms with Gasteiger partial charge in [0, 0.05) is 22.7 Å². The number of hydrogen-bond donors (Lipinski definition) is 3. The first kappa shape index (κ1) is 16.4. The average Bonchev–Trinajstić information content (AvgIpc) is 3.07. The molecule has 1 atom stereocenters. The third-order valence-electron chi connectivity index (χ3n) is 4.39. The lowest BCUT2D eigenvalue weighted by molar-refractivity contribution is 0.0946. The van der Waals surface area contributed by atoms with E-state index >= 15 is 0 Å². The van der Waals surface area contributed by atoms with Crippen molar-refractivity contribution in [3.63, 3.8) is 0 Å². The normalized spacial score (nSPS) is 17.3. The van der Waals surface area contributed by atoms with Crippen molar-refractivity contribution in [3.05, 3.63) is 39.2 Å². The number of anilines is 1. The van der Waals surface area contributed by atoms with Crippen LogP contribution in [0.1, 0.15) is 39.1 Å². The second-order valence-electron chi connectivity index (χ2n) is 5.97. The molecular weight excluding hydrogens is 310 g/mol. The molecule has 0 radical (unpaired) electrons. The molecule has 1 unspecified atom stereocenters. The summed E-state index contributed by atoms with van der Waals surface area (Å²) in [5.74, 6) is -0.634. The number of benzene rings is 1. The first-order chi connectivity index (χ1) is 11.4. The standard InChI is InChI=1S/C17H19N3O4/c1-8-14-10(12(21)7-18)5-9(19)6-13(14)24-17(23)15(8)16(22)11-3-2-4-20-11/h5-6,11,20H,2-4,7,18-19H2,1H3. The highest BCUT2D eigenvalue weighted by Crippen LogP contribution is 2.27. The smallest absolute Gasteiger partial charge is 0.347 e. The van der Waals surface area contributed by atoms with E-state index < -0.39 is 11.7 Å². The van der Waals surface area contributed by atoms with Gasteiger partial charge in [0.05, 0.1) is 12.6 Å². The number of ketones is 2. The zero-order chi connectivity index (χ0) is 17.4. The number of aryl methyl sites for hydroxylation is 1. The van der Waals surface area contributed by atoms with Crippen molar-refractivity contribution in [2.24, 2.45) is 5.73 Å². The van der Waals surface area contributed by atoms with E-state index in [9.17, 15) is 14.4 Å². The Balaban J connectivity index is 2.28. The molecule has 0 bridgehead atoms. The van der Waals surface area contributed by atoms with Gasteiger partial charge in [0.25, 0.3) is 0 Å². The molecule has 126 valence electrons. The zero-order valence-electron chi connectivity index (χ0n) is 13.3. The molecule has 0 amide bonds. The van der Waals surface area contributed by atoms with Crippen LogP contribution in [-0.4, -0.2) is 30.7 Å². The quantitative estimate of drug-likeness (QED) is 0.429. The first-order valence-corrected chi connectivity index (χ1v) is 7.81. The number of hydrogen-bond acceptors (Lipinski definition) is 7. The Hall–Kier alpha value is -2.51. The van der Waals surface area contributed by atoms with Crippen LogP contribution in [0.25, 0.3) is 11.0 Å². The third kappa shape index (κ3) is 2.61. The summed E-state index contributed by atoms with van der Waals surface area (Å²) in [6.07, 6.45) is 1.55. The summed E-state index contributed by atoms with van der Waals surface area (Å²) in [6, 6.07) is 2.57. The van der Waals surface area contributed by atoms with Gasteiger partial charge in [-0.1, -0.05) is 0 Å². The maximum Gasteiger partial charge on any atom is 0.347 e. The summed E-state index contributed by atoms with van der Waals surface area (Å²) in [5.41, 5.74) is 11.7. The van der Waals surface area contributed by atoms with Gasteiger partial charge in [-0.2, -0.15) is 0 Å². The summed E-state index contributed by atoms with van der Waals surface area (Å²) in [4.78, 5) is 37.2. The Kier molecular flexibility index (Phi) is 4.21. The van der Waals surface area contributed by atoms with Crippen molar-refractivity contribution < 1.29 is 14.0 Å². The zero-order valence-corrected chi connectivity index (χ0v) is 13.3. The Labute approximate surface area is 138 Å². The summed E-state index contributed by atoms with van der Waals surface area (Å²) in [6.45, 7) is 2.18. The van der Waals surface area contributed by atoms with Crippen molar-refractivity contribution in [3.8, 4) is 0 Å². The first-order valence-electron chi connectivity index (χ1n) is 7.81. The Morgan fingerprint density at radius 3 is 2.75 bits per heavy atom. The number of Topliss-reactive ketones (excluding diaryl/α,β-unsaturated/α-hetero) is 2. The van der Waals surface area contributed by atoms with Gasteiger partial charge in [0.1, 0.15) is 11.1 Å². The molecule has 7 heteroatoms. The number of rotatable bonds is 4. The molecule has 0 saturated carbocycles. The van der Waals surface area contributed by atoms with Crippen LogP contribution in [0.15, 0.2) is 21.3 Å². The van der Waals surface area contributed by atoms with Gasteiger partial charge < -0.3 is 21.2 Å². The lowest BCUT2D eigenvalue weighted by Gasteiger charge is -2.14. The highest BCUT2D eigenvalue weighted by molar-refractivity contribution is 6.12. The Morgan fingerprint density at radius 1 is 1.38 bits per heavy atom. The van der Waals surface area contributed by atoms with E-state index in [-0.39, 0.29) is 34.8 Å². The second kappa shape index (κ2) is 6.18. The maximum absolute atomic E-state index is 12.7. The highest BCUT2D eigenvalue weighted by Gasteiger charge is 2.29. The summed E-state index contributed by atoms with van der Waals surface area (Å²) < 4.78 is 5.29. The molecule has 7 nitrogen and oxygen atoms in total. The van der Waals surface area contributed by atoms with Gasteiger partial charge in [-0.3, -0.25) is 9.59 Å². The fourth-order valence-electron chi connectivity index (χ4n) is 3.23. The predicted octanol–water partition coefficient (Wildman–Crippen LogP) is 0.760. The minimum absolute atomic E-state index is 0.0160. The molecule has 2 heterocycles. The van der Waals surface area contributed by atoms with Gasteiger partial charge in [-0.15, -0.1) is 0 Å². The van der Waals surface area contributed by atoms with E-state index in [1.165, 1.54) is 12.1 Å². The van der Waals surface area contributed by atoms with Crippen LogP contribution >= 0.6 is 0 Å². The van der Waals surface area contributed by atoms with Crippen LogP contribution in [0, 0.1) is 6.92 Å². The number of fused-ring (bicyclic) bond motifs is 1. The van der Waals surface area contributed by atoms with E-state index in [2.05, 4.69) is 5.32 Å². The minimum atomic E-state index is -0.713. The van der Waals surface area contributed by atoms with Crippen molar-refractivity contribution in [2.45, 2.75) is 25.8 Å². The number of carbonyl (C=O) groups is 2. The topological polar surface area (TPSA) is 128 Å². The monoisotopic (exact) mass is 329 g/mol. The second-order valence-corrected chi connectivity index (χ2v) is 5.97. The SMILES string of the molecule is Cc1c(C(=O)C2CCCN2)c(=O)oc2cc(N)cc(C(=O)CN)c12. The van der Waals surface area contributed by atoms with E-state index in [0.717, 1.165) is 13.0 Å². The van der Waals surface area contributed by atoms with Crippen molar-refractivity contribution in [1.29, 1.82) is 0 Å². The van der Waals surface area contributed by atoms with Crippen LogP contribution < -0.4 is 22.4 Å². The average molecular weight is 329 g/mol. The molecule has 1 saturated heterocycles. The van der Waals surface area contributed by atoms with Gasteiger partial charge in [-0.25, -0.2) is 4.79 Å². The van der Waals surface area contributed by atoms with Crippen molar-refractivity contribution in [2.75, 3.05) is 18.8 Å². The molecule has 24 heavy (non-hydrogen) atoms. The fourth-order valence-corrected chi connectivity index (χ4v) is 3.23. The molecule has 1 aromatic heterocycles. The molecule has 1 aliphatic rings. The molecule has 5 N–H and O–H groups in total. The van der Waals surface area contributed by atoms with E-state index in [1.54, 1.807) is 6.92 Å². The van der Waals surface area contributed by atoms with Crippen LogP contribution in [0.2, 0.25) is 0 Å². The number of carbonyl (C=O) groups excluding carboxylic acids is 2. The van der Waals surface area contributed by atoms with E-state index in [1.807, 2.05) is 0 Å². The number of nitrogens with two attached hydrogens (primary N) is 2. The molecule has 2 aromatic rings. The fraction of sp³-hybridized carbons (Fsp3) is 0.353. The minimum Gasteiger partial charge on any atom is -0.422 e. The molecule has 0 spiro atoms. The van der Waals surface area contributed by atoms with Crippen LogP contribution in [0.3, 0.4) is 0 Å². The molecule has 1 aromatic carbocycles. The van der Waals surface area contributed by atoms with Gasteiger partial charge in [-0.05, 0) is 37.9 Å². The van der Waals surface area contributed by atoms with E-state index in [0.29, 0.717) is 23.1 Å². The predicted molar refractivity (Wildman–Crippen MR) is 90.4 cm³/mol. The Morgan fingerprint density at radius 2 is 2.12 bits per heavy atom. The largest absolute Gasteiger partial charge is 0.422 e. The molecular formula is C17H19N3O4. The number of nitrogens with one attached hydrogen (secondary N) is 1. The van der Waals surface area contributed by atoms with Crippen LogP contribution in [0.5, 0.6) is 0 Å². The summed E-state index contributed by atoms with van der Waals surface area (Å²) in [5, 5.41) is 3.50. The molecule has 1 aliphatic heterocycles.